The van der Waals surface area contributed by atoms with Gasteiger partial charge in [0.25, 0.3) is 0 Å². The Hall–Kier alpha value is -6.64. The summed E-state index contributed by atoms with van der Waals surface area (Å²) in [4.78, 5) is 10.1. The average Bonchev–Trinajstić information content (AvgIpc) is 3.23. The molecule has 0 atom stereocenters. The Balaban J connectivity index is 1.38. The van der Waals surface area contributed by atoms with Gasteiger partial charge in [-0.3, -0.25) is 9.97 Å². The molecule has 0 aliphatic heterocycles. The first-order valence-corrected chi connectivity index (χ1v) is 18.4. The second kappa shape index (κ2) is 13.8. The first-order chi connectivity index (χ1) is 26.2. The van der Waals surface area contributed by atoms with Crippen LogP contribution in [0, 0.1) is 6.92 Å². The van der Waals surface area contributed by atoms with Crippen LogP contribution in [0.25, 0.3) is 88.6 Å². The zero-order chi connectivity index (χ0) is 35.7. The summed E-state index contributed by atoms with van der Waals surface area (Å²) in [6, 6.07) is 65.8. The molecule has 9 aromatic rings. The van der Waals surface area contributed by atoms with Gasteiger partial charge in [-0.15, -0.1) is 0 Å². The van der Waals surface area contributed by atoms with Gasteiger partial charge in [-0.1, -0.05) is 165 Å². The van der Waals surface area contributed by atoms with E-state index in [0.717, 1.165) is 50.7 Å². The van der Waals surface area contributed by atoms with Gasteiger partial charge >= 0.3 is 0 Å². The van der Waals surface area contributed by atoms with Crippen LogP contribution in [0.1, 0.15) is 18.3 Å². The summed E-state index contributed by atoms with van der Waals surface area (Å²) >= 11 is 0. The van der Waals surface area contributed by atoms with Gasteiger partial charge in [0.2, 0.25) is 0 Å². The summed E-state index contributed by atoms with van der Waals surface area (Å²) in [6.45, 7) is 4.22. The van der Waals surface area contributed by atoms with Crippen LogP contribution in [0.15, 0.2) is 182 Å². The maximum absolute atomic E-state index is 5.15. The molecule has 0 unspecified atom stereocenters. The lowest BCUT2D eigenvalue weighted by Gasteiger charge is -2.24. The number of benzene rings is 7. The molecular formula is C51H38N2. The van der Waals surface area contributed by atoms with Crippen molar-refractivity contribution in [3.8, 4) is 66.8 Å². The maximum atomic E-state index is 5.15. The smallest absolute Gasteiger partial charge is 0.0974 e. The van der Waals surface area contributed by atoms with Crippen molar-refractivity contribution in [1.29, 1.82) is 0 Å². The van der Waals surface area contributed by atoms with Crippen molar-refractivity contribution in [3.63, 3.8) is 0 Å². The van der Waals surface area contributed by atoms with E-state index in [4.69, 9.17) is 9.97 Å². The summed E-state index contributed by atoms with van der Waals surface area (Å²) in [6.07, 6.45) is 0.838. The van der Waals surface area contributed by atoms with Crippen molar-refractivity contribution in [2.24, 2.45) is 0 Å². The van der Waals surface area contributed by atoms with Crippen LogP contribution in [-0.2, 0) is 6.42 Å². The fourth-order valence-corrected chi connectivity index (χ4v) is 7.76. The van der Waals surface area contributed by atoms with Crippen LogP contribution < -0.4 is 0 Å². The molecule has 0 aliphatic carbocycles. The number of aryl methyl sites for hydroxylation is 2. The molecule has 7 aromatic carbocycles. The SMILES string of the molecule is CCc1cc(-c2cccc(-c3cc(-c4ccccc4)c(-c4ccccc4)c(-c4ccccc4)c3-c3ccccc3)c2)c2ccc3ccc(C)nc3c2n1. The topological polar surface area (TPSA) is 25.8 Å². The van der Waals surface area contributed by atoms with Gasteiger partial charge in [0.05, 0.1) is 11.0 Å². The lowest BCUT2D eigenvalue weighted by atomic mass is 9.78. The maximum Gasteiger partial charge on any atom is 0.0974 e. The fourth-order valence-electron chi connectivity index (χ4n) is 7.76. The molecule has 2 heterocycles. The Labute approximate surface area is 311 Å². The molecular weight excluding hydrogens is 641 g/mol. The van der Waals surface area contributed by atoms with Gasteiger partial charge in [0.15, 0.2) is 0 Å². The summed E-state index contributed by atoms with van der Waals surface area (Å²) < 4.78 is 0. The third-order valence-electron chi connectivity index (χ3n) is 10.3. The van der Waals surface area contributed by atoms with E-state index >= 15 is 0 Å². The van der Waals surface area contributed by atoms with Crippen molar-refractivity contribution in [2.75, 3.05) is 0 Å². The quantitative estimate of drug-likeness (QED) is 0.157. The van der Waals surface area contributed by atoms with E-state index in [0.29, 0.717) is 0 Å². The van der Waals surface area contributed by atoms with Crippen molar-refractivity contribution in [3.05, 3.63) is 193 Å². The molecule has 2 aromatic heterocycles. The highest BCUT2D eigenvalue weighted by atomic mass is 14.8. The number of hydrogen-bond donors (Lipinski definition) is 0. The predicted molar refractivity (Wildman–Crippen MR) is 224 cm³/mol. The molecule has 252 valence electrons. The zero-order valence-electron chi connectivity index (χ0n) is 29.9. The van der Waals surface area contributed by atoms with Crippen molar-refractivity contribution >= 4 is 21.8 Å². The van der Waals surface area contributed by atoms with E-state index < -0.39 is 0 Å². The fraction of sp³-hybridized carbons (Fsp3) is 0.0588. The standard InChI is InChI=1S/C51H38N2/c1-3-42-32-44(43-30-29-39-28-27-34(2)52-50(39)51(43)53-42)40-25-16-26-41(31-40)46-33-45(35-17-8-4-9-18-35)47(36-19-10-5-11-20-36)49(38-23-14-7-15-24-38)48(46)37-21-12-6-13-22-37/h4-33H,3H2,1-2H3. The van der Waals surface area contributed by atoms with Crippen LogP contribution in [0.3, 0.4) is 0 Å². The van der Waals surface area contributed by atoms with E-state index in [1.54, 1.807) is 0 Å². The Morgan fingerprint density at radius 2 is 0.868 bits per heavy atom. The number of pyridine rings is 2. The minimum absolute atomic E-state index is 0.838. The molecule has 0 aliphatic rings. The Bertz CT molecular complexity index is 2740. The van der Waals surface area contributed by atoms with E-state index in [9.17, 15) is 0 Å². The molecule has 0 saturated heterocycles. The molecule has 0 spiro atoms. The number of nitrogens with zero attached hydrogens (tertiary/aromatic N) is 2. The lowest BCUT2D eigenvalue weighted by Crippen LogP contribution is -1.98. The number of aromatic nitrogens is 2. The third kappa shape index (κ3) is 5.99. The Morgan fingerprint density at radius 3 is 1.45 bits per heavy atom. The molecule has 2 heteroatoms. The summed E-state index contributed by atoms with van der Waals surface area (Å²) in [5.74, 6) is 0. The lowest BCUT2D eigenvalue weighted by molar-refractivity contribution is 1.06. The van der Waals surface area contributed by atoms with E-state index in [1.807, 2.05) is 6.92 Å². The largest absolute Gasteiger partial charge is 0.251 e. The number of fused-ring (bicyclic) bond motifs is 3. The highest BCUT2D eigenvalue weighted by Gasteiger charge is 2.24. The summed E-state index contributed by atoms with van der Waals surface area (Å²) in [7, 11) is 0. The van der Waals surface area contributed by atoms with Gasteiger partial charge in [0, 0.05) is 22.2 Å². The molecule has 2 nitrogen and oxygen atoms in total. The highest BCUT2D eigenvalue weighted by molar-refractivity contribution is 6.10. The summed E-state index contributed by atoms with van der Waals surface area (Å²) in [5, 5.41) is 2.22. The van der Waals surface area contributed by atoms with Gasteiger partial charge in [-0.25, -0.2) is 0 Å². The number of rotatable bonds is 7. The Morgan fingerprint density at radius 1 is 0.377 bits per heavy atom. The van der Waals surface area contributed by atoms with Crippen molar-refractivity contribution in [2.45, 2.75) is 20.3 Å². The van der Waals surface area contributed by atoms with Crippen molar-refractivity contribution < 1.29 is 0 Å². The normalized spacial score (nSPS) is 11.3. The molecule has 0 bridgehead atoms. The Kier molecular flexibility index (Phi) is 8.42. The molecule has 0 fully saturated rings. The van der Waals surface area contributed by atoms with Crippen LogP contribution in [0.2, 0.25) is 0 Å². The molecule has 0 saturated carbocycles. The van der Waals surface area contributed by atoms with Gasteiger partial charge in [-0.2, -0.15) is 0 Å². The van der Waals surface area contributed by atoms with E-state index in [1.165, 1.54) is 55.6 Å². The van der Waals surface area contributed by atoms with Crippen LogP contribution >= 0.6 is 0 Å². The molecule has 53 heavy (non-hydrogen) atoms. The molecule has 9 rings (SSSR count). The second-order valence-electron chi connectivity index (χ2n) is 13.6. The van der Waals surface area contributed by atoms with Crippen LogP contribution in [0.5, 0.6) is 0 Å². The minimum atomic E-state index is 0.838. The van der Waals surface area contributed by atoms with Gasteiger partial charge in [-0.05, 0) is 104 Å². The molecule has 0 N–H and O–H groups in total. The first kappa shape index (κ1) is 32.3. The summed E-state index contributed by atoms with van der Waals surface area (Å²) in [5.41, 5.74) is 18.2. The van der Waals surface area contributed by atoms with Gasteiger partial charge in [0.1, 0.15) is 0 Å². The first-order valence-electron chi connectivity index (χ1n) is 18.4. The zero-order valence-corrected chi connectivity index (χ0v) is 29.9. The molecule has 0 radical (unpaired) electrons. The third-order valence-corrected chi connectivity index (χ3v) is 10.3. The average molecular weight is 679 g/mol. The second-order valence-corrected chi connectivity index (χ2v) is 13.6. The molecule has 0 amide bonds. The number of hydrogen-bond acceptors (Lipinski definition) is 2. The van der Waals surface area contributed by atoms with Crippen molar-refractivity contribution in [1.82, 2.24) is 9.97 Å². The highest BCUT2D eigenvalue weighted by Crippen LogP contribution is 2.50. The predicted octanol–water partition coefficient (Wildman–Crippen LogP) is 13.7. The van der Waals surface area contributed by atoms with Gasteiger partial charge < -0.3 is 0 Å². The van der Waals surface area contributed by atoms with E-state index in [2.05, 4.69) is 189 Å². The minimum Gasteiger partial charge on any atom is -0.251 e. The van der Waals surface area contributed by atoms with E-state index in [-0.39, 0.29) is 0 Å². The monoisotopic (exact) mass is 678 g/mol. The van der Waals surface area contributed by atoms with Crippen LogP contribution in [-0.4, -0.2) is 9.97 Å². The van der Waals surface area contributed by atoms with Crippen LogP contribution in [0.4, 0.5) is 0 Å².